The van der Waals surface area contributed by atoms with Gasteiger partial charge in [-0.15, -0.1) is 0 Å². The second kappa shape index (κ2) is 7.75. The maximum atomic E-state index is 12.7. The summed E-state index contributed by atoms with van der Waals surface area (Å²) >= 11 is 5.90. The molecule has 0 aliphatic rings. The van der Waals surface area contributed by atoms with Crippen molar-refractivity contribution in [1.29, 1.82) is 0 Å². The molecule has 3 rings (SSSR count). The molecule has 6 nitrogen and oxygen atoms in total. The monoisotopic (exact) mass is 396 g/mol. The Morgan fingerprint density at radius 1 is 1.22 bits per heavy atom. The van der Waals surface area contributed by atoms with Crippen LogP contribution in [-0.2, 0) is 13.2 Å². The van der Waals surface area contributed by atoms with Gasteiger partial charge < -0.3 is 4.74 Å². The highest BCUT2D eigenvalue weighted by molar-refractivity contribution is 6.33. The third-order valence-electron chi connectivity index (χ3n) is 3.58. The summed E-state index contributed by atoms with van der Waals surface area (Å²) in [6.07, 6.45) is 1.50. The number of pyridine rings is 2. The molecule has 3 heterocycles. The molecular formula is C17H12ClF3N4O2. The molecule has 140 valence electrons. The molecule has 0 aliphatic carbocycles. The van der Waals surface area contributed by atoms with Gasteiger partial charge in [-0.25, -0.2) is 0 Å². The van der Waals surface area contributed by atoms with Gasteiger partial charge >= 0.3 is 6.18 Å². The van der Waals surface area contributed by atoms with Crippen molar-refractivity contribution < 1.29 is 22.7 Å². The van der Waals surface area contributed by atoms with Crippen molar-refractivity contribution in [2.75, 3.05) is 0 Å². The van der Waals surface area contributed by atoms with Crippen LogP contribution < -0.4 is 4.74 Å². The van der Waals surface area contributed by atoms with Gasteiger partial charge in [-0.1, -0.05) is 17.7 Å². The topological polar surface area (TPSA) is 69.9 Å². The maximum Gasteiger partial charge on any atom is 0.408 e. The van der Waals surface area contributed by atoms with Crippen LogP contribution in [0, 0.1) is 0 Å². The van der Waals surface area contributed by atoms with Crippen LogP contribution in [0.5, 0.6) is 5.75 Å². The zero-order chi connectivity index (χ0) is 19.4. The van der Waals surface area contributed by atoms with Crippen LogP contribution in [0.2, 0.25) is 5.02 Å². The van der Waals surface area contributed by atoms with Gasteiger partial charge in [0.05, 0.1) is 28.2 Å². The minimum absolute atomic E-state index is 0.0523. The van der Waals surface area contributed by atoms with Gasteiger partial charge in [0.15, 0.2) is 6.29 Å². The predicted molar refractivity (Wildman–Crippen MR) is 90.5 cm³/mol. The third kappa shape index (κ3) is 4.43. The van der Waals surface area contributed by atoms with Crippen molar-refractivity contribution in [3.63, 3.8) is 0 Å². The fraction of sp³-hybridized carbons (Fsp3) is 0.176. The molecule has 0 aliphatic heterocycles. The first-order valence-electron chi connectivity index (χ1n) is 7.63. The summed E-state index contributed by atoms with van der Waals surface area (Å²) in [5, 5.41) is 3.85. The Morgan fingerprint density at radius 2 is 2.04 bits per heavy atom. The summed E-state index contributed by atoms with van der Waals surface area (Å²) in [6, 6.07) is 4.73. The molecular weight excluding hydrogens is 385 g/mol. The van der Waals surface area contributed by atoms with Crippen molar-refractivity contribution in [3.05, 3.63) is 59.1 Å². The van der Waals surface area contributed by atoms with E-state index in [4.69, 9.17) is 16.3 Å². The average Bonchev–Trinajstić information content (AvgIpc) is 3.06. The van der Waals surface area contributed by atoms with Crippen molar-refractivity contribution in [1.82, 2.24) is 19.7 Å². The van der Waals surface area contributed by atoms with Crippen LogP contribution in [0.3, 0.4) is 0 Å². The van der Waals surface area contributed by atoms with Gasteiger partial charge in [0.25, 0.3) is 0 Å². The van der Waals surface area contributed by atoms with E-state index in [2.05, 4.69) is 15.1 Å². The van der Waals surface area contributed by atoms with Crippen LogP contribution in [0.1, 0.15) is 15.9 Å². The molecule has 0 amide bonds. The Labute approximate surface area is 156 Å². The highest BCUT2D eigenvalue weighted by Gasteiger charge is 2.30. The predicted octanol–water partition coefficient (Wildman–Crippen LogP) is 3.95. The summed E-state index contributed by atoms with van der Waals surface area (Å²) in [5.41, 5.74) is 1.14. The molecule has 27 heavy (non-hydrogen) atoms. The minimum atomic E-state index is -4.42. The van der Waals surface area contributed by atoms with Gasteiger partial charge in [0, 0.05) is 24.2 Å². The van der Waals surface area contributed by atoms with E-state index in [1.165, 1.54) is 30.9 Å². The van der Waals surface area contributed by atoms with Gasteiger partial charge in [-0.05, 0) is 12.1 Å². The molecule has 0 saturated carbocycles. The highest BCUT2D eigenvalue weighted by atomic mass is 35.5. The Bertz CT molecular complexity index is 959. The Morgan fingerprint density at radius 3 is 2.78 bits per heavy atom. The number of hydrogen-bond donors (Lipinski definition) is 0. The number of aldehydes is 1. The summed E-state index contributed by atoms with van der Waals surface area (Å²) in [4.78, 5) is 19.2. The third-order valence-corrected chi connectivity index (χ3v) is 3.88. The van der Waals surface area contributed by atoms with Crippen molar-refractivity contribution in [2.45, 2.75) is 19.3 Å². The minimum Gasteiger partial charge on any atom is -0.486 e. The van der Waals surface area contributed by atoms with Crippen molar-refractivity contribution in [3.8, 4) is 17.1 Å². The highest BCUT2D eigenvalue weighted by Crippen LogP contribution is 2.27. The quantitative estimate of drug-likeness (QED) is 0.590. The lowest BCUT2D eigenvalue weighted by atomic mass is 10.1. The normalized spacial score (nSPS) is 11.4. The van der Waals surface area contributed by atoms with E-state index < -0.39 is 12.7 Å². The van der Waals surface area contributed by atoms with Crippen LogP contribution in [0.4, 0.5) is 13.2 Å². The second-order valence-corrected chi connectivity index (χ2v) is 5.85. The first kappa shape index (κ1) is 18.8. The fourth-order valence-electron chi connectivity index (χ4n) is 2.43. The van der Waals surface area contributed by atoms with Crippen LogP contribution in [0.25, 0.3) is 11.4 Å². The van der Waals surface area contributed by atoms with E-state index in [1.54, 1.807) is 12.1 Å². The number of carbonyl (C=O) groups excluding carboxylic acids is 1. The van der Waals surface area contributed by atoms with Gasteiger partial charge in [0.1, 0.15) is 18.9 Å². The average molecular weight is 397 g/mol. The van der Waals surface area contributed by atoms with E-state index in [9.17, 15) is 18.0 Å². The number of aromatic nitrogens is 4. The number of hydrogen-bond acceptors (Lipinski definition) is 5. The molecule has 0 spiro atoms. The standard InChI is InChI=1S/C17H12ClF3N4O2/c18-13-6-22-7-15(12(13)8-26)27-9-11-2-1-4-23-16(11)14-3-5-24-25(14)10-17(19,20)21/h1-8H,9-10H2. The van der Waals surface area contributed by atoms with Gasteiger partial charge in [-0.2, -0.15) is 18.3 Å². The molecule has 0 aromatic carbocycles. The smallest absolute Gasteiger partial charge is 0.408 e. The zero-order valence-corrected chi connectivity index (χ0v) is 14.4. The van der Waals surface area contributed by atoms with Crippen LogP contribution in [-0.4, -0.2) is 32.2 Å². The molecule has 3 aromatic heterocycles. The largest absolute Gasteiger partial charge is 0.486 e. The summed E-state index contributed by atoms with van der Waals surface area (Å²) in [5.74, 6) is 0.163. The van der Waals surface area contributed by atoms with E-state index in [0.29, 0.717) is 17.5 Å². The molecule has 0 bridgehead atoms. The molecule has 0 radical (unpaired) electrons. The lowest BCUT2D eigenvalue weighted by Crippen LogP contribution is -2.19. The molecule has 10 heteroatoms. The first-order valence-corrected chi connectivity index (χ1v) is 8.01. The summed E-state index contributed by atoms with van der Waals surface area (Å²) < 4.78 is 44.7. The summed E-state index contributed by atoms with van der Waals surface area (Å²) in [6.45, 7) is -1.29. The summed E-state index contributed by atoms with van der Waals surface area (Å²) in [7, 11) is 0. The number of rotatable bonds is 6. The lowest BCUT2D eigenvalue weighted by Gasteiger charge is -2.14. The Hall–Kier alpha value is -2.94. The lowest BCUT2D eigenvalue weighted by molar-refractivity contribution is -0.142. The second-order valence-electron chi connectivity index (χ2n) is 5.44. The SMILES string of the molecule is O=Cc1c(Cl)cncc1OCc1cccnc1-c1ccnn1CC(F)(F)F. The molecule has 0 saturated heterocycles. The fourth-order valence-corrected chi connectivity index (χ4v) is 2.62. The number of ether oxygens (including phenoxy) is 1. The van der Waals surface area contributed by atoms with E-state index in [-0.39, 0.29) is 28.6 Å². The number of alkyl halides is 3. The first-order chi connectivity index (χ1) is 12.9. The van der Waals surface area contributed by atoms with Gasteiger partial charge in [-0.3, -0.25) is 19.4 Å². The molecule has 0 fully saturated rings. The number of halogens is 4. The van der Waals surface area contributed by atoms with Crippen molar-refractivity contribution >= 4 is 17.9 Å². The van der Waals surface area contributed by atoms with Crippen LogP contribution in [0.15, 0.2) is 43.0 Å². The Balaban J connectivity index is 1.89. The molecule has 0 N–H and O–H groups in total. The van der Waals surface area contributed by atoms with E-state index >= 15 is 0 Å². The molecule has 3 aromatic rings. The number of nitrogens with zero attached hydrogens (tertiary/aromatic N) is 4. The molecule has 0 atom stereocenters. The van der Waals surface area contributed by atoms with Crippen LogP contribution >= 0.6 is 11.6 Å². The Kier molecular flexibility index (Phi) is 5.41. The zero-order valence-electron chi connectivity index (χ0n) is 13.7. The van der Waals surface area contributed by atoms with Crippen molar-refractivity contribution in [2.24, 2.45) is 0 Å². The number of carbonyl (C=O) groups is 1. The van der Waals surface area contributed by atoms with E-state index in [0.717, 1.165) is 4.68 Å². The van der Waals surface area contributed by atoms with E-state index in [1.807, 2.05) is 0 Å². The molecule has 0 unspecified atom stereocenters. The van der Waals surface area contributed by atoms with Gasteiger partial charge in [0.2, 0.25) is 0 Å². The maximum absolute atomic E-state index is 12.7.